The van der Waals surface area contributed by atoms with E-state index in [-0.39, 0.29) is 11.6 Å². The number of ether oxygens (including phenoxy) is 2. The minimum atomic E-state index is -0.459. The second kappa shape index (κ2) is 9.65. The lowest BCUT2D eigenvalue weighted by atomic mass is 10.1. The van der Waals surface area contributed by atoms with Gasteiger partial charge in [0.25, 0.3) is 5.91 Å². The number of benzene rings is 2. The molecule has 27 heavy (non-hydrogen) atoms. The molecule has 2 rings (SSSR count). The second-order valence-electron chi connectivity index (χ2n) is 5.74. The van der Waals surface area contributed by atoms with Crippen molar-refractivity contribution in [1.82, 2.24) is 5.32 Å². The summed E-state index contributed by atoms with van der Waals surface area (Å²) in [5, 5.41) is 12.6. The summed E-state index contributed by atoms with van der Waals surface area (Å²) in [7, 11) is 1.50. The fourth-order valence-corrected chi connectivity index (χ4v) is 2.84. The van der Waals surface area contributed by atoms with Crippen LogP contribution in [0, 0.1) is 11.3 Å². The molecule has 0 fully saturated rings. The Kier molecular flexibility index (Phi) is 7.27. The molecule has 1 amide bonds. The van der Waals surface area contributed by atoms with Crippen LogP contribution in [0.15, 0.2) is 48.0 Å². The Labute approximate surface area is 164 Å². The zero-order chi connectivity index (χ0) is 19.8. The van der Waals surface area contributed by atoms with Gasteiger partial charge in [0.15, 0.2) is 11.5 Å². The van der Waals surface area contributed by atoms with Crippen LogP contribution in [0.1, 0.15) is 31.0 Å². The molecule has 0 spiro atoms. The number of rotatable bonds is 7. The standard InChI is InChI=1S/C21H21ClN2O3/c1-4-27-19-12-15(11-18(22)20(19)26-3)10-17(13-23)21(25)24-14(2)16-8-6-5-7-9-16/h5-12,14H,4H2,1-3H3,(H,24,25)/b17-10+/t14-/m1/s1. The van der Waals surface area contributed by atoms with Gasteiger partial charge in [-0.2, -0.15) is 5.26 Å². The van der Waals surface area contributed by atoms with Gasteiger partial charge in [0.1, 0.15) is 11.6 Å². The molecule has 0 aromatic heterocycles. The molecule has 0 aliphatic rings. The smallest absolute Gasteiger partial charge is 0.262 e. The molecule has 2 aromatic carbocycles. The van der Waals surface area contributed by atoms with E-state index in [2.05, 4.69) is 5.32 Å². The van der Waals surface area contributed by atoms with E-state index in [1.807, 2.05) is 50.2 Å². The molecule has 0 bridgehead atoms. The van der Waals surface area contributed by atoms with Gasteiger partial charge in [-0.1, -0.05) is 41.9 Å². The van der Waals surface area contributed by atoms with E-state index in [1.165, 1.54) is 13.2 Å². The molecule has 0 unspecified atom stereocenters. The number of hydrogen-bond acceptors (Lipinski definition) is 4. The highest BCUT2D eigenvalue weighted by molar-refractivity contribution is 6.32. The third-order valence-corrected chi connectivity index (χ3v) is 4.14. The summed E-state index contributed by atoms with van der Waals surface area (Å²) >= 11 is 6.22. The zero-order valence-corrected chi connectivity index (χ0v) is 16.2. The van der Waals surface area contributed by atoms with Gasteiger partial charge in [-0.25, -0.2) is 0 Å². The predicted molar refractivity (Wildman–Crippen MR) is 106 cm³/mol. The Morgan fingerprint density at radius 1 is 1.33 bits per heavy atom. The van der Waals surface area contributed by atoms with Crippen molar-refractivity contribution in [2.45, 2.75) is 19.9 Å². The molecule has 0 aliphatic carbocycles. The van der Waals surface area contributed by atoms with Crippen molar-refractivity contribution < 1.29 is 14.3 Å². The Balaban J connectivity index is 2.27. The highest BCUT2D eigenvalue weighted by atomic mass is 35.5. The normalized spacial score (nSPS) is 12.0. The van der Waals surface area contributed by atoms with Crippen LogP contribution in [-0.2, 0) is 4.79 Å². The molecule has 1 atom stereocenters. The molecule has 0 saturated carbocycles. The Bertz CT molecular complexity index is 873. The average Bonchev–Trinajstić information content (AvgIpc) is 2.66. The largest absolute Gasteiger partial charge is 0.491 e. The van der Waals surface area contributed by atoms with E-state index >= 15 is 0 Å². The first-order valence-corrected chi connectivity index (χ1v) is 8.85. The van der Waals surface area contributed by atoms with Gasteiger partial charge in [-0.15, -0.1) is 0 Å². The number of carbonyl (C=O) groups is 1. The number of methoxy groups -OCH3 is 1. The van der Waals surface area contributed by atoms with Gasteiger partial charge >= 0.3 is 0 Å². The maximum Gasteiger partial charge on any atom is 0.262 e. The van der Waals surface area contributed by atoms with Crippen LogP contribution in [-0.4, -0.2) is 19.6 Å². The van der Waals surface area contributed by atoms with Gasteiger partial charge in [-0.05, 0) is 43.2 Å². The SMILES string of the molecule is CCOc1cc(/C=C(\C#N)C(=O)N[C@H](C)c2ccccc2)cc(Cl)c1OC. The van der Waals surface area contributed by atoms with Gasteiger partial charge in [0.2, 0.25) is 0 Å². The van der Waals surface area contributed by atoms with Crippen LogP contribution in [0.2, 0.25) is 5.02 Å². The van der Waals surface area contributed by atoms with E-state index in [9.17, 15) is 10.1 Å². The Morgan fingerprint density at radius 2 is 2.04 bits per heavy atom. The summed E-state index contributed by atoms with van der Waals surface area (Å²) in [6.45, 7) is 4.13. The lowest BCUT2D eigenvalue weighted by Crippen LogP contribution is -2.27. The fourth-order valence-electron chi connectivity index (χ4n) is 2.55. The van der Waals surface area contributed by atoms with Crippen molar-refractivity contribution in [3.8, 4) is 17.6 Å². The Hall–Kier alpha value is -2.97. The van der Waals surface area contributed by atoms with Crippen LogP contribution in [0.4, 0.5) is 0 Å². The number of nitriles is 1. The van der Waals surface area contributed by atoms with Crippen molar-refractivity contribution in [3.63, 3.8) is 0 Å². The van der Waals surface area contributed by atoms with Crippen LogP contribution in [0.25, 0.3) is 6.08 Å². The molecule has 0 radical (unpaired) electrons. The lowest BCUT2D eigenvalue weighted by Gasteiger charge is -2.14. The first-order chi connectivity index (χ1) is 13.0. The van der Waals surface area contributed by atoms with Gasteiger partial charge in [-0.3, -0.25) is 4.79 Å². The molecular formula is C21H21ClN2O3. The third-order valence-electron chi connectivity index (χ3n) is 3.86. The number of nitrogens with one attached hydrogen (secondary N) is 1. The van der Waals surface area contributed by atoms with Crippen molar-refractivity contribution >= 4 is 23.6 Å². The molecule has 5 nitrogen and oxygen atoms in total. The monoisotopic (exact) mass is 384 g/mol. The van der Waals surface area contributed by atoms with Crippen molar-refractivity contribution in [3.05, 3.63) is 64.2 Å². The Morgan fingerprint density at radius 3 is 2.63 bits per heavy atom. The molecule has 140 valence electrons. The van der Waals surface area contributed by atoms with Gasteiger partial charge in [0.05, 0.1) is 24.8 Å². The molecule has 2 aromatic rings. The van der Waals surface area contributed by atoms with E-state index in [4.69, 9.17) is 21.1 Å². The number of carbonyl (C=O) groups excluding carboxylic acids is 1. The first kappa shape index (κ1) is 20.3. The highest BCUT2D eigenvalue weighted by Gasteiger charge is 2.15. The van der Waals surface area contributed by atoms with Gasteiger partial charge in [0, 0.05) is 0 Å². The minimum absolute atomic E-state index is 0.0264. The van der Waals surface area contributed by atoms with Gasteiger partial charge < -0.3 is 14.8 Å². The van der Waals surface area contributed by atoms with Crippen LogP contribution in [0.3, 0.4) is 0 Å². The molecule has 0 aliphatic heterocycles. The lowest BCUT2D eigenvalue weighted by molar-refractivity contribution is -0.117. The fraction of sp³-hybridized carbons (Fsp3) is 0.238. The number of nitrogens with zero attached hydrogens (tertiary/aromatic N) is 1. The summed E-state index contributed by atoms with van der Waals surface area (Å²) in [5.41, 5.74) is 1.50. The first-order valence-electron chi connectivity index (χ1n) is 8.48. The second-order valence-corrected chi connectivity index (χ2v) is 6.15. The van der Waals surface area contributed by atoms with Crippen LogP contribution in [0.5, 0.6) is 11.5 Å². The maximum absolute atomic E-state index is 12.5. The summed E-state index contributed by atoms with van der Waals surface area (Å²) in [4.78, 5) is 12.5. The molecule has 0 heterocycles. The number of hydrogen-bond donors (Lipinski definition) is 1. The molecule has 6 heteroatoms. The van der Waals surface area contributed by atoms with Crippen LogP contribution < -0.4 is 14.8 Å². The van der Waals surface area contributed by atoms with Crippen molar-refractivity contribution in [2.24, 2.45) is 0 Å². The molecule has 1 N–H and O–H groups in total. The molecule has 0 saturated heterocycles. The summed E-state index contributed by atoms with van der Waals surface area (Å²) in [6.07, 6.45) is 1.47. The predicted octanol–water partition coefficient (Wildman–Crippen LogP) is 4.53. The quantitative estimate of drug-likeness (QED) is 0.562. The van der Waals surface area contributed by atoms with E-state index in [0.29, 0.717) is 28.7 Å². The van der Waals surface area contributed by atoms with E-state index < -0.39 is 5.91 Å². The number of amides is 1. The third kappa shape index (κ3) is 5.25. The van der Waals surface area contributed by atoms with Crippen LogP contribution >= 0.6 is 11.6 Å². The topological polar surface area (TPSA) is 71.3 Å². The summed E-state index contributed by atoms with van der Waals surface area (Å²) in [5.74, 6) is 0.407. The van der Waals surface area contributed by atoms with Crippen molar-refractivity contribution in [1.29, 1.82) is 5.26 Å². The van der Waals surface area contributed by atoms with E-state index in [1.54, 1.807) is 12.1 Å². The summed E-state index contributed by atoms with van der Waals surface area (Å²) in [6, 6.07) is 14.5. The maximum atomic E-state index is 12.5. The zero-order valence-electron chi connectivity index (χ0n) is 15.5. The van der Waals surface area contributed by atoms with E-state index in [0.717, 1.165) is 5.56 Å². The molecular weight excluding hydrogens is 364 g/mol. The number of halogens is 1. The minimum Gasteiger partial charge on any atom is -0.491 e. The highest BCUT2D eigenvalue weighted by Crippen LogP contribution is 2.36. The summed E-state index contributed by atoms with van der Waals surface area (Å²) < 4.78 is 10.8. The average molecular weight is 385 g/mol. The van der Waals surface area contributed by atoms with Crippen molar-refractivity contribution in [2.75, 3.05) is 13.7 Å².